The highest BCUT2D eigenvalue weighted by molar-refractivity contribution is 9.10. The van der Waals surface area contributed by atoms with E-state index in [9.17, 15) is 9.59 Å². The van der Waals surface area contributed by atoms with Crippen LogP contribution in [0.1, 0.15) is 12.0 Å². The van der Waals surface area contributed by atoms with E-state index in [2.05, 4.69) is 21.2 Å². The molecule has 2 amide bonds. The zero-order valence-electron chi connectivity index (χ0n) is 14.5. The molecule has 2 aromatic carbocycles. The van der Waals surface area contributed by atoms with E-state index in [1.54, 1.807) is 6.08 Å². The summed E-state index contributed by atoms with van der Waals surface area (Å²) in [6, 6.07) is 10.5. The maximum Gasteiger partial charge on any atom is 0.266 e. The number of rotatable bonds is 5. The van der Waals surface area contributed by atoms with Crippen molar-refractivity contribution in [3.63, 3.8) is 0 Å². The van der Waals surface area contributed by atoms with E-state index in [1.165, 1.54) is 28.8 Å². The SMILES string of the molecule is O=C(CCN1C(=O)C(=Cc2cccc(Br)c2)SC1=S)Nc1cc(Cl)c(Cl)cc1Cl. The van der Waals surface area contributed by atoms with Gasteiger partial charge in [-0.1, -0.05) is 86.8 Å². The first kappa shape index (κ1) is 22.6. The van der Waals surface area contributed by atoms with E-state index in [4.69, 9.17) is 47.0 Å². The van der Waals surface area contributed by atoms with Crippen molar-refractivity contribution in [3.8, 4) is 0 Å². The van der Waals surface area contributed by atoms with Crippen LogP contribution < -0.4 is 5.32 Å². The summed E-state index contributed by atoms with van der Waals surface area (Å²) < 4.78 is 1.33. The zero-order chi connectivity index (χ0) is 21.1. The third-order valence-corrected chi connectivity index (χ3v) is 6.77. The highest BCUT2D eigenvalue weighted by Crippen LogP contribution is 2.34. The van der Waals surface area contributed by atoms with E-state index in [1.807, 2.05) is 24.3 Å². The number of carbonyl (C=O) groups excluding carboxylic acids is 2. The molecule has 1 saturated heterocycles. The molecule has 150 valence electrons. The standard InChI is InChI=1S/C19H12BrCl3N2O2S2/c20-11-3-1-2-10(6-11)7-16-18(27)25(19(28)29-16)5-4-17(26)24-15-9-13(22)12(21)8-14(15)23/h1-3,6-9H,4-5H2,(H,24,26). The minimum Gasteiger partial charge on any atom is -0.325 e. The summed E-state index contributed by atoms with van der Waals surface area (Å²) in [6.07, 6.45) is 1.83. The number of hydrogen-bond donors (Lipinski definition) is 1. The minimum absolute atomic E-state index is 0.0488. The minimum atomic E-state index is -0.324. The second-order valence-electron chi connectivity index (χ2n) is 5.93. The Kier molecular flexibility index (Phi) is 7.64. The lowest BCUT2D eigenvalue weighted by atomic mass is 10.2. The fourth-order valence-corrected chi connectivity index (χ4v) is 4.80. The van der Waals surface area contributed by atoms with E-state index in [0.29, 0.717) is 19.9 Å². The number of thioether (sulfide) groups is 1. The molecule has 0 bridgehead atoms. The number of halogens is 4. The lowest BCUT2D eigenvalue weighted by molar-refractivity contribution is -0.122. The predicted octanol–water partition coefficient (Wildman–Crippen LogP) is 6.64. The summed E-state index contributed by atoms with van der Waals surface area (Å²) >= 11 is 27.8. The summed E-state index contributed by atoms with van der Waals surface area (Å²) in [5.41, 5.74) is 1.23. The predicted molar refractivity (Wildman–Crippen MR) is 129 cm³/mol. The first-order valence-corrected chi connectivity index (χ1v) is 11.3. The van der Waals surface area contributed by atoms with Gasteiger partial charge in [-0.15, -0.1) is 0 Å². The third-order valence-electron chi connectivity index (χ3n) is 3.87. The molecule has 0 aromatic heterocycles. The van der Waals surface area contributed by atoms with Crippen LogP contribution in [0.15, 0.2) is 45.8 Å². The third kappa shape index (κ3) is 5.75. The van der Waals surface area contributed by atoms with Crippen LogP contribution >= 0.6 is 74.7 Å². The van der Waals surface area contributed by atoms with Crippen LogP contribution in [0, 0.1) is 0 Å². The molecule has 2 aromatic rings. The molecule has 29 heavy (non-hydrogen) atoms. The normalized spacial score (nSPS) is 15.3. The molecule has 1 aliphatic heterocycles. The molecule has 4 nitrogen and oxygen atoms in total. The molecule has 1 heterocycles. The molecule has 3 rings (SSSR count). The Balaban J connectivity index is 1.63. The highest BCUT2D eigenvalue weighted by atomic mass is 79.9. The van der Waals surface area contributed by atoms with Crippen LogP contribution in [-0.2, 0) is 9.59 Å². The fraction of sp³-hybridized carbons (Fsp3) is 0.105. The van der Waals surface area contributed by atoms with Gasteiger partial charge in [-0.05, 0) is 35.9 Å². The molecular formula is C19H12BrCl3N2O2S2. The highest BCUT2D eigenvalue weighted by Gasteiger charge is 2.32. The van der Waals surface area contributed by atoms with E-state index >= 15 is 0 Å². The molecule has 0 saturated carbocycles. The Hall–Kier alpha value is -1.09. The van der Waals surface area contributed by atoms with Crippen molar-refractivity contribution in [2.45, 2.75) is 6.42 Å². The van der Waals surface area contributed by atoms with Crippen LogP contribution in [-0.4, -0.2) is 27.6 Å². The van der Waals surface area contributed by atoms with Gasteiger partial charge >= 0.3 is 0 Å². The van der Waals surface area contributed by atoms with Gasteiger partial charge in [0.15, 0.2) is 0 Å². The van der Waals surface area contributed by atoms with Gasteiger partial charge in [-0.2, -0.15) is 0 Å². The molecule has 0 spiro atoms. The molecule has 0 atom stereocenters. The second-order valence-corrected chi connectivity index (χ2v) is 9.75. The Morgan fingerprint density at radius 1 is 1.17 bits per heavy atom. The average molecular weight is 551 g/mol. The van der Waals surface area contributed by atoms with Crippen LogP contribution in [0.5, 0.6) is 0 Å². The number of nitrogens with one attached hydrogen (secondary N) is 1. The van der Waals surface area contributed by atoms with Gasteiger partial charge in [0.05, 0.1) is 25.7 Å². The Bertz CT molecular complexity index is 1050. The maximum absolute atomic E-state index is 12.7. The number of nitrogens with zero attached hydrogens (tertiary/aromatic N) is 1. The summed E-state index contributed by atoms with van der Waals surface area (Å²) in [5.74, 6) is -0.546. The number of carbonyl (C=O) groups is 2. The van der Waals surface area contributed by atoms with Gasteiger partial charge in [0, 0.05) is 17.4 Å². The lowest BCUT2D eigenvalue weighted by Crippen LogP contribution is -2.31. The van der Waals surface area contributed by atoms with Gasteiger partial charge in [0.1, 0.15) is 4.32 Å². The Labute approximate surface area is 200 Å². The largest absolute Gasteiger partial charge is 0.325 e. The Morgan fingerprint density at radius 3 is 2.62 bits per heavy atom. The maximum atomic E-state index is 12.7. The molecule has 0 aliphatic carbocycles. The van der Waals surface area contributed by atoms with Gasteiger partial charge in [0.25, 0.3) is 5.91 Å². The number of hydrogen-bond acceptors (Lipinski definition) is 4. The Morgan fingerprint density at radius 2 is 1.90 bits per heavy atom. The zero-order valence-corrected chi connectivity index (χ0v) is 20.0. The van der Waals surface area contributed by atoms with Crippen molar-refractivity contribution >= 4 is 103 Å². The van der Waals surface area contributed by atoms with Gasteiger partial charge in [0.2, 0.25) is 5.91 Å². The molecule has 1 fully saturated rings. The van der Waals surface area contributed by atoms with Crippen molar-refractivity contribution in [1.82, 2.24) is 4.90 Å². The van der Waals surface area contributed by atoms with Gasteiger partial charge in [-0.3, -0.25) is 14.5 Å². The molecule has 0 unspecified atom stereocenters. The van der Waals surface area contributed by atoms with Gasteiger partial charge in [-0.25, -0.2) is 0 Å². The van der Waals surface area contributed by atoms with Crippen molar-refractivity contribution in [2.24, 2.45) is 0 Å². The summed E-state index contributed by atoms with van der Waals surface area (Å²) in [6.45, 7) is 0.158. The van der Waals surface area contributed by atoms with E-state index in [0.717, 1.165) is 10.0 Å². The number of anilines is 1. The van der Waals surface area contributed by atoms with Crippen molar-refractivity contribution < 1.29 is 9.59 Å². The lowest BCUT2D eigenvalue weighted by Gasteiger charge is -2.14. The molecule has 1 N–H and O–H groups in total. The van der Waals surface area contributed by atoms with Crippen LogP contribution in [0.25, 0.3) is 6.08 Å². The van der Waals surface area contributed by atoms with Crippen LogP contribution in [0.3, 0.4) is 0 Å². The monoisotopic (exact) mass is 548 g/mol. The summed E-state index contributed by atoms with van der Waals surface area (Å²) in [5, 5.41) is 3.52. The van der Waals surface area contributed by atoms with E-state index < -0.39 is 0 Å². The average Bonchev–Trinajstić information content (AvgIpc) is 2.91. The number of thiocarbonyl (C=S) groups is 1. The fourth-order valence-electron chi connectivity index (χ4n) is 2.48. The van der Waals surface area contributed by atoms with E-state index in [-0.39, 0.29) is 34.8 Å². The first-order chi connectivity index (χ1) is 13.7. The van der Waals surface area contributed by atoms with Crippen LogP contribution in [0.2, 0.25) is 15.1 Å². The van der Waals surface area contributed by atoms with Crippen molar-refractivity contribution in [1.29, 1.82) is 0 Å². The smallest absolute Gasteiger partial charge is 0.266 e. The first-order valence-electron chi connectivity index (χ1n) is 8.20. The quantitative estimate of drug-likeness (QED) is 0.258. The molecule has 0 radical (unpaired) electrons. The molecular weight excluding hydrogens is 539 g/mol. The molecule has 1 aliphatic rings. The van der Waals surface area contributed by atoms with Crippen molar-refractivity contribution in [3.05, 3.63) is 66.4 Å². The number of benzene rings is 2. The number of amides is 2. The van der Waals surface area contributed by atoms with Crippen LogP contribution in [0.4, 0.5) is 5.69 Å². The van der Waals surface area contributed by atoms with Gasteiger partial charge < -0.3 is 5.32 Å². The second kappa shape index (κ2) is 9.81. The topological polar surface area (TPSA) is 49.4 Å². The van der Waals surface area contributed by atoms with Crippen molar-refractivity contribution in [2.75, 3.05) is 11.9 Å². The summed E-state index contributed by atoms with van der Waals surface area (Å²) in [7, 11) is 0. The summed E-state index contributed by atoms with van der Waals surface area (Å²) in [4.78, 5) is 26.9. The molecule has 10 heteroatoms.